The van der Waals surface area contributed by atoms with Gasteiger partial charge in [-0.15, -0.1) is 0 Å². The summed E-state index contributed by atoms with van der Waals surface area (Å²) in [5, 5.41) is 12.4. The predicted octanol–water partition coefficient (Wildman–Crippen LogP) is 1.74. The van der Waals surface area contributed by atoms with Crippen molar-refractivity contribution in [2.75, 3.05) is 31.6 Å². The van der Waals surface area contributed by atoms with E-state index in [2.05, 4.69) is 5.32 Å². The van der Waals surface area contributed by atoms with E-state index in [1.165, 1.54) is 6.07 Å². The van der Waals surface area contributed by atoms with Crippen LogP contribution >= 0.6 is 0 Å². The smallest absolute Gasteiger partial charge is 0.234 e. The van der Waals surface area contributed by atoms with Crippen LogP contribution in [0.1, 0.15) is 32.3 Å². The average molecular weight is 337 g/mol. The molecule has 1 aromatic rings. The molecule has 1 aliphatic rings. The standard InChI is InChI=1S/C18H28FN3O2/c1-13(2)21(3)12-18(24)20-11-14-4-5-17(16(19)10-14)22-8-6-15(23)7-9-22/h4-5,10,13,15,23H,6-9,11-12H2,1-3H3,(H,20,24). The van der Waals surface area contributed by atoms with Crippen LogP contribution in [0.25, 0.3) is 0 Å². The molecule has 2 rings (SSSR count). The van der Waals surface area contributed by atoms with Gasteiger partial charge < -0.3 is 15.3 Å². The Hall–Kier alpha value is -1.66. The Kier molecular flexibility index (Phi) is 6.57. The van der Waals surface area contributed by atoms with Crippen LogP contribution in [0.15, 0.2) is 18.2 Å². The number of hydrogen-bond donors (Lipinski definition) is 2. The van der Waals surface area contributed by atoms with E-state index in [1.807, 2.05) is 36.8 Å². The SMILES string of the molecule is CC(C)N(C)CC(=O)NCc1ccc(N2CCC(O)CC2)c(F)c1. The molecule has 134 valence electrons. The Balaban J connectivity index is 1.89. The van der Waals surface area contributed by atoms with E-state index in [1.54, 1.807) is 6.07 Å². The van der Waals surface area contributed by atoms with Crippen molar-refractivity contribution in [3.05, 3.63) is 29.6 Å². The fourth-order valence-electron chi connectivity index (χ4n) is 2.69. The third-order valence-electron chi connectivity index (χ3n) is 4.58. The lowest BCUT2D eigenvalue weighted by molar-refractivity contribution is -0.122. The first-order chi connectivity index (χ1) is 11.4. The van der Waals surface area contributed by atoms with E-state index in [9.17, 15) is 14.3 Å². The molecule has 0 atom stereocenters. The molecule has 1 amide bonds. The van der Waals surface area contributed by atoms with Gasteiger partial charge in [-0.1, -0.05) is 6.07 Å². The highest BCUT2D eigenvalue weighted by Gasteiger charge is 2.19. The Bertz CT molecular complexity index is 557. The zero-order valence-electron chi connectivity index (χ0n) is 14.8. The lowest BCUT2D eigenvalue weighted by Gasteiger charge is -2.31. The number of rotatable bonds is 6. The van der Waals surface area contributed by atoms with Crippen LogP contribution in [0, 0.1) is 5.82 Å². The number of piperidine rings is 1. The topological polar surface area (TPSA) is 55.8 Å². The molecule has 0 unspecified atom stereocenters. The van der Waals surface area contributed by atoms with Crippen molar-refractivity contribution in [1.82, 2.24) is 10.2 Å². The van der Waals surface area contributed by atoms with E-state index in [0.29, 0.717) is 50.7 Å². The largest absolute Gasteiger partial charge is 0.393 e. The number of likely N-dealkylation sites (N-methyl/N-ethyl adjacent to an activating group) is 1. The van der Waals surface area contributed by atoms with Gasteiger partial charge in [-0.3, -0.25) is 9.69 Å². The number of halogens is 1. The van der Waals surface area contributed by atoms with Crippen LogP contribution in [0.5, 0.6) is 0 Å². The summed E-state index contributed by atoms with van der Waals surface area (Å²) in [6.45, 7) is 6.03. The van der Waals surface area contributed by atoms with Crippen molar-refractivity contribution in [3.63, 3.8) is 0 Å². The molecule has 2 N–H and O–H groups in total. The fourth-order valence-corrected chi connectivity index (χ4v) is 2.69. The van der Waals surface area contributed by atoms with E-state index in [-0.39, 0.29) is 17.8 Å². The van der Waals surface area contributed by atoms with Crippen LogP contribution in [0.2, 0.25) is 0 Å². The van der Waals surface area contributed by atoms with Crippen molar-refractivity contribution in [2.45, 2.75) is 45.4 Å². The second kappa shape index (κ2) is 8.44. The molecule has 1 aromatic carbocycles. The number of nitrogens with zero attached hydrogens (tertiary/aromatic N) is 2. The number of hydrogen-bond acceptors (Lipinski definition) is 4. The minimum absolute atomic E-state index is 0.0688. The second-order valence-corrected chi connectivity index (χ2v) is 6.79. The van der Waals surface area contributed by atoms with Gasteiger partial charge >= 0.3 is 0 Å². The van der Waals surface area contributed by atoms with E-state index in [4.69, 9.17) is 0 Å². The van der Waals surface area contributed by atoms with Crippen molar-refractivity contribution in [2.24, 2.45) is 0 Å². The summed E-state index contributed by atoms with van der Waals surface area (Å²) in [5.41, 5.74) is 1.31. The molecule has 1 fully saturated rings. The summed E-state index contributed by atoms with van der Waals surface area (Å²) in [7, 11) is 1.90. The van der Waals surface area contributed by atoms with Crippen LogP contribution in [-0.2, 0) is 11.3 Å². The maximum atomic E-state index is 14.3. The number of anilines is 1. The Morgan fingerprint density at radius 3 is 2.67 bits per heavy atom. The molecule has 1 saturated heterocycles. The number of carbonyl (C=O) groups is 1. The van der Waals surface area contributed by atoms with Crippen LogP contribution in [0.4, 0.5) is 10.1 Å². The van der Waals surface area contributed by atoms with E-state index < -0.39 is 0 Å². The zero-order valence-corrected chi connectivity index (χ0v) is 14.8. The fraction of sp³-hybridized carbons (Fsp3) is 0.611. The molecule has 0 aliphatic carbocycles. The maximum absolute atomic E-state index is 14.3. The van der Waals surface area contributed by atoms with Gasteiger partial charge in [0.25, 0.3) is 0 Å². The van der Waals surface area contributed by atoms with Crippen molar-refractivity contribution in [1.29, 1.82) is 0 Å². The summed E-state index contributed by atoms with van der Waals surface area (Å²) in [4.78, 5) is 15.8. The minimum atomic E-state index is -0.280. The highest BCUT2D eigenvalue weighted by atomic mass is 19.1. The molecule has 0 spiro atoms. The number of aliphatic hydroxyl groups excluding tert-OH is 1. The lowest BCUT2D eigenvalue weighted by atomic mass is 10.1. The first kappa shape index (κ1) is 18.7. The molecule has 0 saturated carbocycles. The molecule has 0 radical (unpaired) electrons. The van der Waals surface area contributed by atoms with E-state index >= 15 is 0 Å². The van der Waals surface area contributed by atoms with Gasteiger partial charge in [-0.25, -0.2) is 4.39 Å². The lowest BCUT2D eigenvalue weighted by Crippen LogP contribution is -2.38. The molecule has 6 heteroatoms. The number of aliphatic hydroxyl groups is 1. The Morgan fingerprint density at radius 2 is 2.08 bits per heavy atom. The molecule has 1 heterocycles. The van der Waals surface area contributed by atoms with Gasteiger partial charge in [0.2, 0.25) is 5.91 Å². The molecule has 0 bridgehead atoms. The normalized spacial score (nSPS) is 16.0. The highest BCUT2D eigenvalue weighted by molar-refractivity contribution is 5.78. The van der Waals surface area contributed by atoms with Gasteiger partial charge in [-0.05, 0) is 51.4 Å². The van der Waals surface area contributed by atoms with Gasteiger partial charge in [0.15, 0.2) is 0 Å². The number of nitrogens with one attached hydrogen (secondary N) is 1. The van der Waals surface area contributed by atoms with Crippen molar-refractivity contribution >= 4 is 11.6 Å². The highest BCUT2D eigenvalue weighted by Crippen LogP contribution is 2.24. The number of carbonyl (C=O) groups excluding carboxylic acids is 1. The molecule has 5 nitrogen and oxygen atoms in total. The number of benzene rings is 1. The maximum Gasteiger partial charge on any atom is 0.234 e. The molecular formula is C18H28FN3O2. The summed E-state index contributed by atoms with van der Waals surface area (Å²) >= 11 is 0. The van der Waals surface area contributed by atoms with Gasteiger partial charge in [-0.2, -0.15) is 0 Å². The first-order valence-electron chi connectivity index (χ1n) is 8.55. The molecular weight excluding hydrogens is 309 g/mol. The van der Waals surface area contributed by atoms with Gasteiger partial charge in [0.05, 0.1) is 18.3 Å². The van der Waals surface area contributed by atoms with Gasteiger partial charge in [0, 0.05) is 25.7 Å². The Labute approximate surface area is 143 Å². The van der Waals surface area contributed by atoms with Crippen molar-refractivity contribution in [3.8, 4) is 0 Å². The third kappa shape index (κ3) is 5.18. The Morgan fingerprint density at radius 1 is 1.42 bits per heavy atom. The summed E-state index contributed by atoms with van der Waals surface area (Å²) < 4.78 is 14.3. The first-order valence-corrected chi connectivity index (χ1v) is 8.55. The van der Waals surface area contributed by atoms with E-state index in [0.717, 1.165) is 5.56 Å². The van der Waals surface area contributed by atoms with Crippen molar-refractivity contribution < 1.29 is 14.3 Å². The number of amides is 1. The summed E-state index contributed by atoms with van der Waals surface area (Å²) in [6.07, 6.45) is 1.06. The average Bonchev–Trinajstić information content (AvgIpc) is 2.54. The minimum Gasteiger partial charge on any atom is -0.393 e. The quantitative estimate of drug-likeness (QED) is 0.830. The third-order valence-corrected chi connectivity index (χ3v) is 4.58. The second-order valence-electron chi connectivity index (χ2n) is 6.79. The molecule has 1 aliphatic heterocycles. The molecule has 0 aromatic heterocycles. The zero-order chi connectivity index (χ0) is 17.7. The monoisotopic (exact) mass is 337 g/mol. The molecule has 24 heavy (non-hydrogen) atoms. The summed E-state index contributed by atoms with van der Waals surface area (Å²) in [5.74, 6) is -0.349. The predicted molar refractivity (Wildman–Crippen MR) is 93.5 cm³/mol. The van der Waals surface area contributed by atoms with Crippen LogP contribution in [0.3, 0.4) is 0 Å². The summed E-state index contributed by atoms with van der Waals surface area (Å²) in [6, 6.07) is 5.38. The van der Waals surface area contributed by atoms with Crippen LogP contribution < -0.4 is 10.2 Å². The van der Waals surface area contributed by atoms with Gasteiger partial charge in [0.1, 0.15) is 5.82 Å². The van der Waals surface area contributed by atoms with Crippen LogP contribution in [-0.4, -0.2) is 54.7 Å².